The molecular weight excluding hydrogens is 170 g/mol. The Labute approximate surface area is 76.2 Å². The highest BCUT2D eigenvalue weighted by Crippen LogP contribution is 2.12. The number of methoxy groups -OCH3 is 1. The Bertz CT molecular complexity index is 323. The number of rotatable bonds is 3. The van der Waals surface area contributed by atoms with Crippen LogP contribution in [0.4, 0.5) is 0 Å². The summed E-state index contributed by atoms with van der Waals surface area (Å²) in [5, 5.41) is 8.57. The number of nitrogens with zero attached hydrogens (tertiary/aromatic N) is 1. The molecule has 1 rings (SSSR count). The van der Waals surface area contributed by atoms with Gasteiger partial charge in [0.1, 0.15) is 0 Å². The molecule has 0 aliphatic rings. The molecule has 13 heavy (non-hydrogen) atoms. The van der Waals surface area contributed by atoms with Crippen LogP contribution < -0.4 is 4.74 Å². The fraction of sp³-hybridized carbons (Fsp3) is 0.333. The third-order valence-corrected chi connectivity index (χ3v) is 1.70. The van der Waals surface area contributed by atoms with Crippen LogP contribution in [-0.2, 0) is 11.2 Å². The minimum Gasteiger partial charge on any atom is -0.481 e. The van der Waals surface area contributed by atoms with Crippen molar-refractivity contribution < 1.29 is 14.6 Å². The van der Waals surface area contributed by atoms with E-state index in [0.29, 0.717) is 11.6 Å². The molecule has 0 saturated carbocycles. The summed E-state index contributed by atoms with van der Waals surface area (Å²) < 4.78 is 4.89. The number of ether oxygens (including phenoxy) is 1. The van der Waals surface area contributed by atoms with Gasteiger partial charge in [0.2, 0.25) is 5.88 Å². The largest absolute Gasteiger partial charge is 0.481 e. The lowest BCUT2D eigenvalue weighted by Gasteiger charge is -2.04. The van der Waals surface area contributed by atoms with Crippen LogP contribution in [0.2, 0.25) is 0 Å². The predicted octanol–water partition coefficient (Wildman–Crippen LogP) is 1.03. The lowest BCUT2D eigenvalue weighted by molar-refractivity contribution is -0.136. The van der Waals surface area contributed by atoms with E-state index in [4.69, 9.17) is 9.84 Å². The molecule has 0 radical (unpaired) electrons. The Kier molecular flexibility index (Phi) is 2.84. The highest BCUT2D eigenvalue weighted by atomic mass is 16.5. The summed E-state index contributed by atoms with van der Waals surface area (Å²) in [4.78, 5) is 14.5. The van der Waals surface area contributed by atoms with Crippen LogP contribution in [0.5, 0.6) is 5.88 Å². The van der Waals surface area contributed by atoms with Gasteiger partial charge in [-0.05, 0) is 12.5 Å². The van der Waals surface area contributed by atoms with E-state index in [9.17, 15) is 4.79 Å². The summed E-state index contributed by atoms with van der Waals surface area (Å²) >= 11 is 0. The molecule has 70 valence electrons. The summed E-state index contributed by atoms with van der Waals surface area (Å²) in [6.45, 7) is 1.82. The van der Waals surface area contributed by atoms with E-state index in [0.717, 1.165) is 5.56 Å². The third-order valence-electron chi connectivity index (χ3n) is 1.70. The van der Waals surface area contributed by atoms with Crippen molar-refractivity contribution in [2.45, 2.75) is 13.3 Å². The molecule has 0 aliphatic carbocycles. The van der Waals surface area contributed by atoms with Crippen LogP contribution in [0.15, 0.2) is 12.1 Å². The fourth-order valence-electron chi connectivity index (χ4n) is 0.987. The quantitative estimate of drug-likeness (QED) is 0.756. The molecule has 1 N–H and O–H groups in total. The van der Waals surface area contributed by atoms with Gasteiger partial charge in [-0.1, -0.05) is 6.07 Å². The number of pyridine rings is 1. The van der Waals surface area contributed by atoms with E-state index in [1.165, 1.54) is 7.11 Å². The van der Waals surface area contributed by atoms with Gasteiger partial charge in [0.15, 0.2) is 0 Å². The molecule has 0 aromatic carbocycles. The van der Waals surface area contributed by atoms with Crippen molar-refractivity contribution in [1.29, 1.82) is 0 Å². The van der Waals surface area contributed by atoms with Crippen LogP contribution in [0, 0.1) is 6.92 Å². The summed E-state index contributed by atoms with van der Waals surface area (Å²) in [6.07, 6.45) is -0.0664. The number of aryl methyl sites for hydroxylation is 1. The Morgan fingerprint density at radius 3 is 2.85 bits per heavy atom. The van der Waals surface area contributed by atoms with Crippen molar-refractivity contribution in [2.24, 2.45) is 0 Å². The number of carboxylic acid groups (broad SMARTS) is 1. The van der Waals surface area contributed by atoms with Crippen molar-refractivity contribution in [2.75, 3.05) is 7.11 Å². The second kappa shape index (κ2) is 3.89. The third kappa shape index (κ3) is 2.43. The smallest absolute Gasteiger partial charge is 0.309 e. The van der Waals surface area contributed by atoms with E-state index < -0.39 is 5.97 Å². The maximum absolute atomic E-state index is 10.4. The summed E-state index contributed by atoms with van der Waals surface area (Å²) in [5.74, 6) is -0.439. The van der Waals surface area contributed by atoms with Gasteiger partial charge in [-0.3, -0.25) is 4.79 Å². The lowest BCUT2D eigenvalue weighted by Crippen LogP contribution is -2.05. The van der Waals surface area contributed by atoms with Gasteiger partial charge in [0.25, 0.3) is 0 Å². The molecule has 1 aromatic heterocycles. The van der Waals surface area contributed by atoms with Gasteiger partial charge in [0.05, 0.1) is 19.2 Å². The fourth-order valence-corrected chi connectivity index (χ4v) is 0.987. The molecule has 0 fully saturated rings. The summed E-state index contributed by atoms with van der Waals surface area (Å²) in [6, 6.07) is 3.50. The molecule has 0 amide bonds. The summed E-state index contributed by atoms with van der Waals surface area (Å²) in [5.41, 5.74) is 1.41. The molecule has 4 nitrogen and oxygen atoms in total. The zero-order chi connectivity index (χ0) is 9.84. The average Bonchev–Trinajstić information content (AvgIpc) is 2.08. The monoisotopic (exact) mass is 181 g/mol. The van der Waals surface area contributed by atoms with E-state index in [1.54, 1.807) is 12.1 Å². The molecule has 0 bridgehead atoms. The first-order valence-electron chi connectivity index (χ1n) is 3.86. The topological polar surface area (TPSA) is 59.4 Å². The van der Waals surface area contributed by atoms with Crippen LogP contribution in [0.3, 0.4) is 0 Å². The Balaban J connectivity index is 2.96. The molecule has 0 aliphatic heterocycles. The molecule has 0 saturated heterocycles. The normalized spacial score (nSPS) is 9.69. The lowest BCUT2D eigenvalue weighted by atomic mass is 10.2. The molecule has 1 aromatic rings. The highest BCUT2D eigenvalue weighted by Gasteiger charge is 2.06. The Hall–Kier alpha value is -1.58. The zero-order valence-corrected chi connectivity index (χ0v) is 7.57. The second-order valence-corrected chi connectivity index (χ2v) is 2.69. The van der Waals surface area contributed by atoms with E-state index in [-0.39, 0.29) is 6.42 Å². The maximum atomic E-state index is 10.4. The van der Waals surface area contributed by atoms with Crippen molar-refractivity contribution in [3.05, 3.63) is 23.4 Å². The summed E-state index contributed by atoms with van der Waals surface area (Å²) in [7, 11) is 1.50. The molecule has 0 unspecified atom stereocenters. The number of carboxylic acids is 1. The minimum absolute atomic E-state index is 0.0664. The number of aromatic nitrogens is 1. The first-order valence-corrected chi connectivity index (χ1v) is 3.86. The Morgan fingerprint density at radius 2 is 2.31 bits per heavy atom. The number of carbonyl (C=O) groups is 1. The van der Waals surface area contributed by atoms with Crippen LogP contribution in [0.1, 0.15) is 11.3 Å². The number of aliphatic carboxylic acids is 1. The van der Waals surface area contributed by atoms with Gasteiger partial charge in [-0.2, -0.15) is 0 Å². The average molecular weight is 181 g/mol. The van der Waals surface area contributed by atoms with E-state index in [2.05, 4.69) is 4.98 Å². The van der Waals surface area contributed by atoms with Gasteiger partial charge < -0.3 is 9.84 Å². The van der Waals surface area contributed by atoms with Gasteiger partial charge >= 0.3 is 5.97 Å². The molecule has 0 atom stereocenters. The van der Waals surface area contributed by atoms with Gasteiger partial charge in [-0.15, -0.1) is 0 Å². The molecule has 4 heteroatoms. The SMILES string of the molecule is COc1ccc(C)c(CC(=O)O)n1. The van der Waals surface area contributed by atoms with Crippen LogP contribution >= 0.6 is 0 Å². The van der Waals surface area contributed by atoms with Crippen molar-refractivity contribution in [1.82, 2.24) is 4.98 Å². The predicted molar refractivity (Wildman–Crippen MR) is 46.9 cm³/mol. The highest BCUT2D eigenvalue weighted by molar-refractivity contribution is 5.70. The zero-order valence-electron chi connectivity index (χ0n) is 7.57. The van der Waals surface area contributed by atoms with E-state index >= 15 is 0 Å². The number of hydrogen-bond acceptors (Lipinski definition) is 3. The van der Waals surface area contributed by atoms with Crippen LogP contribution in [-0.4, -0.2) is 23.2 Å². The first-order chi connectivity index (χ1) is 6.13. The Morgan fingerprint density at radius 1 is 1.62 bits per heavy atom. The minimum atomic E-state index is -0.885. The van der Waals surface area contributed by atoms with Crippen LogP contribution in [0.25, 0.3) is 0 Å². The van der Waals surface area contributed by atoms with Crippen molar-refractivity contribution >= 4 is 5.97 Å². The second-order valence-electron chi connectivity index (χ2n) is 2.69. The number of hydrogen-bond donors (Lipinski definition) is 1. The van der Waals surface area contributed by atoms with Crippen molar-refractivity contribution in [3.8, 4) is 5.88 Å². The van der Waals surface area contributed by atoms with E-state index in [1.807, 2.05) is 6.92 Å². The van der Waals surface area contributed by atoms with Gasteiger partial charge in [-0.25, -0.2) is 4.98 Å². The van der Waals surface area contributed by atoms with Crippen molar-refractivity contribution in [3.63, 3.8) is 0 Å². The standard InChI is InChI=1S/C9H11NO3/c1-6-3-4-8(13-2)10-7(6)5-9(11)12/h3-4H,5H2,1-2H3,(H,11,12). The first kappa shape index (κ1) is 9.51. The molecular formula is C9H11NO3. The van der Waals surface area contributed by atoms with Gasteiger partial charge in [0, 0.05) is 6.07 Å². The maximum Gasteiger partial charge on any atom is 0.309 e. The molecule has 1 heterocycles. The molecule has 0 spiro atoms.